The zero-order chi connectivity index (χ0) is 12.9. The molecule has 0 amide bonds. The van der Waals surface area contributed by atoms with Gasteiger partial charge in [0.25, 0.3) is 0 Å². The van der Waals surface area contributed by atoms with Crippen molar-refractivity contribution < 1.29 is 8.42 Å². The molecule has 0 aliphatic heterocycles. The van der Waals surface area contributed by atoms with Crippen molar-refractivity contribution in [1.82, 2.24) is 14.7 Å². The summed E-state index contributed by atoms with van der Waals surface area (Å²) in [4.78, 5) is 6.98. The Bertz CT molecular complexity index is 419. The number of sulfonamides is 1. The second-order valence-corrected chi connectivity index (χ2v) is 6.20. The van der Waals surface area contributed by atoms with Crippen LogP contribution in [0.25, 0.3) is 0 Å². The van der Waals surface area contributed by atoms with E-state index in [4.69, 9.17) is 11.6 Å². The van der Waals surface area contributed by atoms with Crippen molar-refractivity contribution in [3.8, 4) is 0 Å². The highest BCUT2D eigenvalue weighted by Gasteiger charge is 2.21. The Labute approximate surface area is 107 Å². The van der Waals surface area contributed by atoms with Gasteiger partial charge < -0.3 is 4.98 Å². The van der Waals surface area contributed by atoms with Crippen molar-refractivity contribution in [3.05, 3.63) is 18.2 Å². The summed E-state index contributed by atoms with van der Waals surface area (Å²) in [5.74, 6) is 0.935. The molecule has 0 radical (unpaired) electrons. The number of nitrogens with one attached hydrogen (secondary N) is 2. The van der Waals surface area contributed by atoms with Gasteiger partial charge in [-0.1, -0.05) is 13.8 Å². The summed E-state index contributed by atoms with van der Waals surface area (Å²) >= 11 is 5.62. The third-order valence-electron chi connectivity index (χ3n) is 2.35. The first-order chi connectivity index (χ1) is 7.98. The number of alkyl halides is 1. The molecule has 0 aliphatic rings. The van der Waals surface area contributed by atoms with E-state index in [9.17, 15) is 8.42 Å². The molecule has 5 nitrogen and oxygen atoms in total. The molecule has 17 heavy (non-hydrogen) atoms. The molecule has 0 aliphatic carbocycles. The lowest BCUT2D eigenvalue weighted by molar-refractivity contribution is 0.531. The fourth-order valence-corrected chi connectivity index (χ4v) is 3.40. The number of nitrogens with zero attached hydrogens (tertiary/aromatic N) is 1. The average molecular weight is 280 g/mol. The predicted molar refractivity (Wildman–Crippen MR) is 68.4 cm³/mol. The molecule has 1 aromatic heterocycles. The Morgan fingerprint density at radius 3 is 2.76 bits per heavy atom. The van der Waals surface area contributed by atoms with Crippen molar-refractivity contribution >= 4 is 21.6 Å². The highest BCUT2D eigenvalue weighted by molar-refractivity contribution is 7.89. The Morgan fingerprint density at radius 2 is 2.29 bits per heavy atom. The first-order valence-corrected chi connectivity index (χ1v) is 7.72. The molecular formula is C10H18ClN3O2S. The summed E-state index contributed by atoms with van der Waals surface area (Å²) in [5.41, 5.74) is 0. The van der Waals surface area contributed by atoms with Crippen LogP contribution in [0.5, 0.6) is 0 Å². The monoisotopic (exact) mass is 279 g/mol. The van der Waals surface area contributed by atoms with Gasteiger partial charge in [-0.2, -0.15) is 0 Å². The Hall–Kier alpha value is -0.590. The summed E-state index contributed by atoms with van der Waals surface area (Å²) in [6.07, 6.45) is 3.92. The van der Waals surface area contributed by atoms with Crippen molar-refractivity contribution in [1.29, 1.82) is 0 Å². The van der Waals surface area contributed by atoms with E-state index >= 15 is 0 Å². The summed E-state index contributed by atoms with van der Waals surface area (Å²) in [7, 11) is -3.32. The SMILES string of the molecule is CCC(NS(=O)(=O)CC(C)CCl)c1ncc[nH]1. The van der Waals surface area contributed by atoms with Crippen LogP contribution in [-0.2, 0) is 10.0 Å². The van der Waals surface area contributed by atoms with E-state index in [2.05, 4.69) is 14.7 Å². The number of halogens is 1. The normalized spacial score (nSPS) is 15.7. The minimum Gasteiger partial charge on any atom is -0.347 e. The molecule has 0 fully saturated rings. The number of H-pyrrole nitrogens is 1. The summed E-state index contributed by atoms with van der Waals surface area (Å²) in [6.45, 7) is 3.71. The average Bonchev–Trinajstić information content (AvgIpc) is 2.78. The number of hydrogen-bond donors (Lipinski definition) is 2. The lowest BCUT2D eigenvalue weighted by Gasteiger charge is -2.16. The first kappa shape index (κ1) is 14.5. The zero-order valence-corrected chi connectivity index (χ0v) is 11.6. The number of aromatic amines is 1. The molecule has 0 spiro atoms. The molecular weight excluding hydrogens is 262 g/mol. The highest BCUT2D eigenvalue weighted by Crippen LogP contribution is 2.14. The molecule has 2 unspecified atom stereocenters. The van der Waals surface area contributed by atoms with Gasteiger partial charge in [-0.05, 0) is 12.3 Å². The second-order valence-electron chi connectivity index (χ2n) is 4.09. The van der Waals surface area contributed by atoms with Crippen molar-refractivity contribution in [2.24, 2.45) is 5.92 Å². The number of rotatable bonds is 7. The topological polar surface area (TPSA) is 74.8 Å². The maximum atomic E-state index is 11.9. The summed E-state index contributed by atoms with van der Waals surface area (Å²) in [6, 6.07) is -0.308. The molecule has 0 saturated heterocycles. The lowest BCUT2D eigenvalue weighted by atomic mass is 10.2. The second kappa shape index (κ2) is 6.37. The molecule has 1 heterocycles. The number of imidazole rings is 1. The first-order valence-electron chi connectivity index (χ1n) is 5.53. The fraction of sp³-hybridized carbons (Fsp3) is 0.700. The van der Waals surface area contributed by atoms with Crippen LogP contribution in [0.1, 0.15) is 32.1 Å². The fourth-order valence-electron chi connectivity index (χ4n) is 1.48. The van der Waals surface area contributed by atoms with E-state index < -0.39 is 10.0 Å². The third kappa shape index (κ3) is 4.65. The summed E-state index contributed by atoms with van der Waals surface area (Å²) in [5, 5.41) is 0. The van der Waals surface area contributed by atoms with E-state index in [-0.39, 0.29) is 17.7 Å². The molecule has 2 atom stereocenters. The van der Waals surface area contributed by atoms with Crippen molar-refractivity contribution in [2.75, 3.05) is 11.6 Å². The van der Waals surface area contributed by atoms with Crippen LogP contribution in [0.3, 0.4) is 0 Å². The Morgan fingerprint density at radius 1 is 1.59 bits per heavy atom. The van der Waals surface area contributed by atoms with Crippen LogP contribution in [0, 0.1) is 5.92 Å². The van der Waals surface area contributed by atoms with Gasteiger partial charge in [0.15, 0.2) is 0 Å². The van der Waals surface area contributed by atoms with Gasteiger partial charge in [-0.25, -0.2) is 18.1 Å². The van der Waals surface area contributed by atoms with Crippen LogP contribution in [0.2, 0.25) is 0 Å². The molecule has 1 aromatic rings. The van der Waals surface area contributed by atoms with Crippen molar-refractivity contribution in [2.45, 2.75) is 26.3 Å². The smallest absolute Gasteiger partial charge is 0.212 e. The van der Waals surface area contributed by atoms with Crippen LogP contribution in [0.4, 0.5) is 0 Å². The van der Waals surface area contributed by atoms with Gasteiger partial charge in [-0.15, -0.1) is 11.6 Å². The van der Waals surface area contributed by atoms with Gasteiger partial charge in [0.1, 0.15) is 5.82 Å². The van der Waals surface area contributed by atoms with Crippen molar-refractivity contribution in [3.63, 3.8) is 0 Å². The quantitative estimate of drug-likeness (QED) is 0.746. The van der Waals surface area contributed by atoms with E-state index in [0.29, 0.717) is 18.1 Å². The minimum absolute atomic E-state index is 0.0354. The molecule has 0 bridgehead atoms. The molecule has 2 N–H and O–H groups in total. The third-order valence-corrected chi connectivity index (χ3v) is 4.53. The summed E-state index contributed by atoms with van der Waals surface area (Å²) < 4.78 is 26.3. The van der Waals surface area contributed by atoms with Crippen LogP contribution >= 0.6 is 11.6 Å². The number of aromatic nitrogens is 2. The molecule has 1 rings (SSSR count). The highest BCUT2D eigenvalue weighted by atomic mass is 35.5. The van der Waals surface area contributed by atoms with Gasteiger partial charge in [-0.3, -0.25) is 0 Å². The van der Waals surface area contributed by atoms with E-state index in [1.165, 1.54) is 0 Å². The van der Waals surface area contributed by atoms with Gasteiger partial charge >= 0.3 is 0 Å². The number of hydrogen-bond acceptors (Lipinski definition) is 3. The minimum atomic E-state index is -3.32. The standard InChI is InChI=1S/C10H18ClN3O2S/c1-3-9(10-12-4-5-13-10)14-17(15,16)7-8(2)6-11/h4-5,8-9,14H,3,6-7H2,1-2H3,(H,12,13). The largest absolute Gasteiger partial charge is 0.347 e. The maximum absolute atomic E-state index is 11.9. The van der Waals surface area contributed by atoms with E-state index in [0.717, 1.165) is 0 Å². The molecule has 7 heteroatoms. The van der Waals surface area contributed by atoms with E-state index in [1.54, 1.807) is 19.3 Å². The zero-order valence-electron chi connectivity index (χ0n) is 9.98. The van der Waals surface area contributed by atoms with Crippen LogP contribution in [-0.4, -0.2) is 30.0 Å². The molecule has 98 valence electrons. The van der Waals surface area contributed by atoms with Crippen LogP contribution < -0.4 is 4.72 Å². The van der Waals surface area contributed by atoms with Gasteiger partial charge in [0.05, 0.1) is 11.8 Å². The molecule has 0 aromatic carbocycles. The van der Waals surface area contributed by atoms with E-state index in [1.807, 2.05) is 6.92 Å². The maximum Gasteiger partial charge on any atom is 0.212 e. The Kier molecular flexibility index (Phi) is 5.42. The lowest BCUT2D eigenvalue weighted by Crippen LogP contribution is -2.33. The van der Waals surface area contributed by atoms with Crippen LogP contribution in [0.15, 0.2) is 12.4 Å². The predicted octanol–water partition coefficient (Wildman–Crippen LogP) is 1.66. The molecule has 0 saturated carbocycles. The van der Waals surface area contributed by atoms with Gasteiger partial charge in [0.2, 0.25) is 10.0 Å². The Balaban J connectivity index is 2.68. The van der Waals surface area contributed by atoms with Gasteiger partial charge in [0, 0.05) is 18.3 Å².